The lowest BCUT2D eigenvalue weighted by molar-refractivity contribution is -0.132. The summed E-state index contributed by atoms with van der Waals surface area (Å²) in [4.78, 5) is 28.9. The minimum atomic E-state index is -0.696. The van der Waals surface area contributed by atoms with Gasteiger partial charge in [-0.05, 0) is 74.0 Å². The number of benzene rings is 2. The SMILES string of the molecule is COc1cc(C)c(/C(O)=C2/C(=O)C(=O)N(c3ccc(C)cc3C)C2c2cccs2)cc1C. The number of ether oxygens (including phenoxy) is 1. The third-order valence-corrected chi connectivity index (χ3v) is 6.79. The van der Waals surface area contributed by atoms with Crippen molar-refractivity contribution in [2.24, 2.45) is 0 Å². The minimum Gasteiger partial charge on any atom is -0.507 e. The molecule has 1 aromatic heterocycles. The van der Waals surface area contributed by atoms with Crippen molar-refractivity contribution in [1.82, 2.24) is 0 Å². The molecule has 1 aliphatic heterocycles. The van der Waals surface area contributed by atoms with Gasteiger partial charge < -0.3 is 9.84 Å². The van der Waals surface area contributed by atoms with Gasteiger partial charge in [-0.25, -0.2) is 0 Å². The highest BCUT2D eigenvalue weighted by atomic mass is 32.1. The number of methoxy groups -OCH3 is 1. The van der Waals surface area contributed by atoms with E-state index < -0.39 is 17.7 Å². The van der Waals surface area contributed by atoms with Crippen LogP contribution in [-0.2, 0) is 9.59 Å². The molecule has 1 aliphatic rings. The van der Waals surface area contributed by atoms with E-state index in [1.54, 1.807) is 13.2 Å². The van der Waals surface area contributed by atoms with Crippen LogP contribution in [0.2, 0.25) is 0 Å². The Bertz CT molecular complexity index is 1260. The molecule has 0 spiro atoms. The number of aryl methyl sites for hydroxylation is 4. The first-order chi connectivity index (χ1) is 15.2. The second-order valence-corrected chi connectivity index (χ2v) is 9.09. The number of rotatable bonds is 4. The van der Waals surface area contributed by atoms with Gasteiger partial charge in [-0.15, -0.1) is 11.3 Å². The van der Waals surface area contributed by atoms with E-state index in [-0.39, 0.29) is 11.3 Å². The lowest BCUT2D eigenvalue weighted by Gasteiger charge is -2.26. The molecule has 2 aromatic carbocycles. The van der Waals surface area contributed by atoms with Crippen molar-refractivity contribution in [3.05, 3.63) is 86.1 Å². The first-order valence-electron chi connectivity index (χ1n) is 10.3. The standard InChI is InChI=1S/C26H25NO4S/c1-14-8-9-19(16(3)11-14)27-23(21-7-6-10-32-21)22(25(29)26(27)30)24(28)18-12-17(4)20(31-5)13-15(18)2/h6-13,23,28H,1-5H3/b24-22-. The number of hydrogen-bond acceptors (Lipinski definition) is 5. The highest BCUT2D eigenvalue weighted by molar-refractivity contribution is 7.10. The smallest absolute Gasteiger partial charge is 0.300 e. The Balaban J connectivity index is 1.96. The van der Waals surface area contributed by atoms with Gasteiger partial charge in [0.25, 0.3) is 11.7 Å². The fourth-order valence-electron chi connectivity index (χ4n) is 4.28. The highest BCUT2D eigenvalue weighted by Crippen LogP contribution is 2.45. The van der Waals surface area contributed by atoms with Crippen molar-refractivity contribution in [1.29, 1.82) is 0 Å². The normalized spacial score (nSPS) is 17.8. The van der Waals surface area contributed by atoms with Crippen molar-refractivity contribution >= 4 is 34.5 Å². The molecule has 0 saturated carbocycles. The van der Waals surface area contributed by atoms with Crippen LogP contribution in [0.5, 0.6) is 5.75 Å². The molecule has 5 nitrogen and oxygen atoms in total. The summed E-state index contributed by atoms with van der Waals surface area (Å²) in [5, 5.41) is 13.3. The fourth-order valence-corrected chi connectivity index (χ4v) is 5.11. The zero-order valence-corrected chi connectivity index (χ0v) is 19.5. The van der Waals surface area contributed by atoms with Crippen LogP contribution < -0.4 is 9.64 Å². The Kier molecular flexibility index (Phi) is 5.65. The van der Waals surface area contributed by atoms with Crippen LogP contribution in [0.15, 0.2) is 53.4 Å². The zero-order chi connectivity index (χ0) is 23.2. The number of nitrogens with zero attached hydrogens (tertiary/aromatic N) is 1. The number of aliphatic hydroxyl groups is 1. The second-order valence-electron chi connectivity index (χ2n) is 8.11. The number of anilines is 1. The first kappa shape index (κ1) is 21.8. The van der Waals surface area contributed by atoms with E-state index in [9.17, 15) is 14.7 Å². The van der Waals surface area contributed by atoms with Crippen LogP contribution >= 0.6 is 11.3 Å². The van der Waals surface area contributed by atoms with Crippen molar-refractivity contribution in [3.8, 4) is 5.75 Å². The summed E-state index contributed by atoms with van der Waals surface area (Å²) in [7, 11) is 1.59. The van der Waals surface area contributed by atoms with Gasteiger partial charge in [0, 0.05) is 16.1 Å². The number of ketones is 1. The Labute approximate surface area is 191 Å². The minimum absolute atomic E-state index is 0.102. The third kappa shape index (κ3) is 3.50. The van der Waals surface area contributed by atoms with Gasteiger partial charge in [-0.1, -0.05) is 23.8 Å². The summed E-state index contributed by atoms with van der Waals surface area (Å²) in [6.45, 7) is 7.62. The van der Waals surface area contributed by atoms with Crippen LogP contribution in [-0.4, -0.2) is 23.9 Å². The Morgan fingerprint density at radius 2 is 1.75 bits per heavy atom. The van der Waals surface area contributed by atoms with Crippen LogP contribution in [0.25, 0.3) is 5.76 Å². The number of hydrogen-bond donors (Lipinski definition) is 1. The molecule has 0 radical (unpaired) electrons. The van der Waals surface area contributed by atoms with E-state index in [1.807, 2.05) is 69.5 Å². The molecule has 1 unspecified atom stereocenters. The number of carbonyl (C=O) groups excluding carboxylic acids is 2. The molecule has 1 amide bonds. The van der Waals surface area contributed by atoms with Gasteiger partial charge in [-0.2, -0.15) is 0 Å². The average molecular weight is 448 g/mol. The number of Topliss-reactive ketones (excluding diaryl/α,β-unsaturated/α-hetero) is 1. The van der Waals surface area contributed by atoms with E-state index in [0.29, 0.717) is 17.0 Å². The molecule has 0 aliphatic carbocycles. The molecule has 1 saturated heterocycles. The van der Waals surface area contributed by atoms with Gasteiger partial charge in [-0.3, -0.25) is 14.5 Å². The maximum absolute atomic E-state index is 13.3. The van der Waals surface area contributed by atoms with Crippen molar-refractivity contribution in [3.63, 3.8) is 0 Å². The molecular formula is C26H25NO4S. The quantitative estimate of drug-likeness (QED) is 0.320. The predicted molar refractivity (Wildman–Crippen MR) is 127 cm³/mol. The summed E-state index contributed by atoms with van der Waals surface area (Å²) in [5.74, 6) is -0.796. The van der Waals surface area contributed by atoms with Crippen LogP contribution in [0.1, 0.15) is 38.7 Å². The summed E-state index contributed by atoms with van der Waals surface area (Å²) < 4.78 is 5.38. The second kappa shape index (κ2) is 8.28. The molecule has 164 valence electrons. The lowest BCUT2D eigenvalue weighted by Crippen LogP contribution is -2.29. The fraction of sp³-hybridized carbons (Fsp3) is 0.231. The molecule has 0 bridgehead atoms. The van der Waals surface area contributed by atoms with Gasteiger partial charge in [0.05, 0.1) is 12.7 Å². The Morgan fingerprint density at radius 1 is 1.00 bits per heavy atom. The summed E-state index contributed by atoms with van der Waals surface area (Å²) >= 11 is 1.45. The Hall–Kier alpha value is -3.38. The lowest BCUT2D eigenvalue weighted by atomic mass is 9.95. The van der Waals surface area contributed by atoms with Crippen LogP contribution in [0.4, 0.5) is 5.69 Å². The van der Waals surface area contributed by atoms with E-state index >= 15 is 0 Å². The summed E-state index contributed by atoms with van der Waals surface area (Å²) in [5.41, 5.74) is 4.83. The summed E-state index contributed by atoms with van der Waals surface area (Å²) in [6.07, 6.45) is 0. The van der Waals surface area contributed by atoms with E-state index in [0.717, 1.165) is 27.1 Å². The van der Waals surface area contributed by atoms with Gasteiger partial charge in [0.1, 0.15) is 17.6 Å². The van der Waals surface area contributed by atoms with Gasteiger partial charge in [0.2, 0.25) is 0 Å². The van der Waals surface area contributed by atoms with Gasteiger partial charge >= 0.3 is 0 Å². The van der Waals surface area contributed by atoms with Gasteiger partial charge in [0.15, 0.2) is 0 Å². The van der Waals surface area contributed by atoms with Crippen molar-refractivity contribution < 1.29 is 19.4 Å². The van der Waals surface area contributed by atoms with Crippen LogP contribution in [0.3, 0.4) is 0 Å². The maximum Gasteiger partial charge on any atom is 0.300 e. The molecule has 1 N–H and O–H groups in total. The van der Waals surface area contributed by atoms with Crippen molar-refractivity contribution in [2.45, 2.75) is 33.7 Å². The molecule has 1 atom stereocenters. The molecular weight excluding hydrogens is 422 g/mol. The average Bonchev–Trinajstić information content (AvgIpc) is 3.37. The Morgan fingerprint density at radius 3 is 2.38 bits per heavy atom. The molecule has 32 heavy (non-hydrogen) atoms. The van der Waals surface area contributed by atoms with E-state index in [1.165, 1.54) is 16.2 Å². The van der Waals surface area contributed by atoms with Crippen LogP contribution in [0, 0.1) is 27.7 Å². The topological polar surface area (TPSA) is 66.8 Å². The number of amides is 1. The summed E-state index contributed by atoms with van der Waals surface area (Å²) in [6, 6.07) is 12.4. The van der Waals surface area contributed by atoms with E-state index in [4.69, 9.17) is 4.74 Å². The third-order valence-electron chi connectivity index (χ3n) is 5.87. The number of carbonyl (C=O) groups is 2. The van der Waals surface area contributed by atoms with Crippen molar-refractivity contribution in [2.75, 3.05) is 12.0 Å². The monoisotopic (exact) mass is 447 g/mol. The molecule has 2 heterocycles. The number of thiophene rings is 1. The highest BCUT2D eigenvalue weighted by Gasteiger charge is 2.47. The largest absolute Gasteiger partial charge is 0.507 e. The number of aliphatic hydroxyl groups excluding tert-OH is 1. The van der Waals surface area contributed by atoms with E-state index in [2.05, 4.69) is 0 Å². The molecule has 1 fully saturated rings. The predicted octanol–water partition coefficient (Wildman–Crippen LogP) is 5.62. The zero-order valence-electron chi connectivity index (χ0n) is 18.7. The molecule has 6 heteroatoms. The molecule has 4 rings (SSSR count). The molecule has 3 aromatic rings. The first-order valence-corrected chi connectivity index (χ1v) is 11.2. The maximum atomic E-state index is 13.3.